The predicted molar refractivity (Wildman–Crippen MR) is 61.8 cm³/mol. The van der Waals surface area contributed by atoms with Crippen LogP contribution in [0.1, 0.15) is 41.7 Å². The number of hydrogen-bond donors (Lipinski definition) is 0. The molecule has 0 spiro atoms. The van der Waals surface area contributed by atoms with Crippen LogP contribution in [0.15, 0.2) is 10.5 Å². The zero-order chi connectivity index (χ0) is 13.5. The monoisotopic (exact) mass is 256 g/mol. The molecule has 0 aromatic carbocycles. The molecule has 1 rings (SSSR count). The molecule has 0 aliphatic carbocycles. The van der Waals surface area contributed by atoms with Gasteiger partial charge in [0.05, 0.1) is 19.8 Å². The van der Waals surface area contributed by atoms with Gasteiger partial charge in [-0.3, -0.25) is 0 Å². The van der Waals surface area contributed by atoms with Crippen molar-refractivity contribution in [1.82, 2.24) is 0 Å². The molecule has 100 valence electrons. The van der Waals surface area contributed by atoms with E-state index in [0.29, 0.717) is 6.61 Å². The van der Waals surface area contributed by atoms with Gasteiger partial charge in [0.15, 0.2) is 0 Å². The summed E-state index contributed by atoms with van der Waals surface area (Å²) in [4.78, 5) is 23.3. The van der Waals surface area contributed by atoms with Crippen LogP contribution < -0.4 is 4.74 Å². The van der Waals surface area contributed by atoms with Crippen molar-refractivity contribution in [3.8, 4) is 5.95 Å². The molecule has 0 aliphatic heterocycles. The Labute approximate surface area is 105 Å². The van der Waals surface area contributed by atoms with Gasteiger partial charge in [-0.25, -0.2) is 9.59 Å². The van der Waals surface area contributed by atoms with Crippen molar-refractivity contribution >= 4 is 11.9 Å². The van der Waals surface area contributed by atoms with Crippen molar-refractivity contribution in [2.45, 2.75) is 20.8 Å². The van der Waals surface area contributed by atoms with Gasteiger partial charge in [-0.2, -0.15) is 0 Å². The third-order valence-corrected chi connectivity index (χ3v) is 1.95. The van der Waals surface area contributed by atoms with Gasteiger partial charge in [-0.15, -0.1) is 0 Å². The first kappa shape index (κ1) is 14.1. The van der Waals surface area contributed by atoms with Crippen LogP contribution in [0.5, 0.6) is 5.95 Å². The van der Waals surface area contributed by atoms with Crippen LogP contribution in [-0.2, 0) is 9.47 Å². The summed E-state index contributed by atoms with van der Waals surface area (Å²) in [6, 6.07) is 1.33. The second-order valence-electron chi connectivity index (χ2n) is 3.18. The molecule has 0 unspecified atom stereocenters. The molecular formula is C12H16O6. The largest absolute Gasteiger partial charge is 0.465 e. The van der Waals surface area contributed by atoms with Crippen molar-refractivity contribution in [1.29, 1.82) is 0 Å². The lowest BCUT2D eigenvalue weighted by atomic mass is 10.2. The van der Waals surface area contributed by atoms with E-state index in [1.165, 1.54) is 6.07 Å². The summed E-state index contributed by atoms with van der Waals surface area (Å²) in [6.07, 6.45) is 0. The van der Waals surface area contributed by atoms with E-state index in [4.69, 9.17) is 18.6 Å². The minimum Gasteiger partial charge on any atom is -0.465 e. The van der Waals surface area contributed by atoms with Crippen LogP contribution in [0.3, 0.4) is 0 Å². The normalized spacial score (nSPS) is 9.94. The Morgan fingerprint density at radius 1 is 1.06 bits per heavy atom. The average molecular weight is 256 g/mol. The van der Waals surface area contributed by atoms with Crippen LogP contribution in [0, 0.1) is 0 Å². The quantitative estimate of drug-likeness (QED) is 0.725. The molecule has 1 aromatic rings. The molecule has 6 nitrogen and oxygen atoms in total. The van der Waals surface area contributed by atoms with Gasteiger partial charge in [-0.05, 0) is 20.8 Å². The summed E-state index contributed by atoms with van der Waals surface area (Å²) >= 11 is 0. The standard InChI is InChI=1S/C12H16O6/c1-4-15-9-7-8(11(13)16-5-2)10(18-9)12(14)17-6-3/h7H,4-6H2,1-3H3. The molecule has 0 amide bonds. The third-order valence-electron chi connectivity index (χ3n) is 1.95. The fourth-order valence-electron chi connectivity index (χ4n) is 1.29. The van der Waals surface area contributed by atoms with Crippen LogP contribution in [0.2, 0.25) is 0 Å². The molecule has 1 aromatic heterocycles. The molecule has 0 N–H and O–H groups in total. The van der Waals surface area contributed by atoms with Crippen LogP contribution in [0.25, 0.3) is 0 Å². The highest BCUT2D eigenvalue weighted by Gasteiger charge is 2.26. The Balaban J connectivity index is 3.04. The van der Waals surface area contributed by atoms with E-state index in [9.17, 15) is 9.59 Å². The fraction of sp³-hybridized carbons (Fsp3) is 0.500. The molecule has 0 radical (unpaired) electrons. The number of carbonyl (C=O) groups excluding carboxylic acids is 2. The molecule has 0 aliphatic rings. The maximum atomic E-state index is 11.6. The molecule has 0 atom stereocenters. The Hall–Kier alpha value is -1.98. The van der Waals surface area contributed by atoms with E-state index < -0.39 is 11.9 Å². The topological polar surface area (TPSA) is 75.0 Å². The number of carbonyl (C=O) groups is 2. The summed E-state index contributed by atoms with van der Waals surface area (Å²) in [5.74, 6) is -1.47. The molecule has 0 saturated heterocycles. The molecular weight excluding hydrogens is 240 g/mol. The van der Waals surface area contributed by atoms with Gasteiger partial charge in [-0.1, -0.05) is 0 Å². The van der Waals surface area contributed by atoms with Crippen molar-refractivity contribution in [2.24, 2.45) is 0 Å². The van der Waals surface area contributed by atoms with Crippen LogP contribution >= 0.6 is 0 Å². The number of esters is 2. The van der Waals surface area contributed by atoms with Gasteiger partial charge < -0.3 is 18.6 Å². The van der Waals surface area contributed by atoms with Gasteiger partial charge >= 0.3 is 11.9 Å². The average Bonchev–Trinajstić information content (AvgIpc) is 2.74. The molecule has 0 fully saturated rings. The van der Waals surface area contributed by atoms with E-state index in [1.807, 2.05) is 0 Å². The highest BCUT2D eigenvalue weighted by Crippen LogP contribution is 2.23. The lowest BCUT2D eigenvalue weighted by Crippen LogP contribution is -2.11. The van der Waals surface area contributed by atoms with Crippen molar-refractivity contribution in [3.05, 3.63) is 17.4 Å². The Bertz CT molecular complexity index is 385. The first-order valence-corrected chi connectivity index (χ1v) is 5.74. The van der Waals surface area contributed by atoms with E-state index >= 15 is 0 Å². The zero-order valence-corrected chi connectivity index (χ0v) is 10.6. The second-order valence-corrected chi connectivity index (χ2v) is 3.18. The lowest BCUT2D eigenvalue weighted by molar-refractivity contribution is 0.0447. The summed E-state index contributed by atoms with van der Waals surface area (Å²) in [5.41, 5.74) is 0.0127. The summed E-state index contributed by atoms with van der Waals surface area (Å²) in [5, 5.41) is 0. The van der Waals surface area contributed by atoms with Crippen molar-refractivity contribution in [2.75, 3.05) is 19.8 Å². The number of rotatable bonds is 6. The lowest BCUT2D eigenvalue weighted by Gasteiger charge is -2.01. The summed E-state index contributed by atoms with van der Waals surface area (Å²) < 4.78 is 19.9. The third kappa shape index (κ3) is 3.26. The summed E-state index contributed by atoms with van der Waals surface area (Å²) in [6.45, 7) is 5.84. The van der Waals surface area contributed by atoms with Gasteiger partial charge in [0.2, 0.25) is 5.76 Å². The first-order chi connectivity index (χ1) is 8.63. The molecule has 6 heteroatoms. The maximum Gasteiger partial charge on any atom is 0.375 e. The highest BCUT2D eigenvalue weighted by molar-refractivity contribution is 6.01. The van der Waals surface area contributed by atoms with E-state index in [2.05, 4.69) is 0 Å². The van der Waals surface area contributed by atoms with Gasteiger partial charge in [0.1, 0.15) is 5.56 Å². The number of hydrogen-bond acceptors (Lipinski definition) is 6. The Kier molecular flexibility index (Phi) is 5.23. The van der Waals surface area contributed by atoms with Crippen molar-refractivity contribution < 1.29 is 28.2 Å². The maximum absolute atomic E-state index is 11.6. The van der Waals surface area contributed by atoms with E-state index in [1.54, 1.807) is 20.8 Å². The fourth-order valence-corrected chi connectivity index (χ4v) is 1.29. The molecule has 1 heterocycles. The Morgan fingerprint density at radius 3 is 2.22 bits per heavy atom. The summed E-state index contributed by atoms with van der Waals surface area (Å²) in [7, 11) is 0. The number of furan rings is 1. The van der Waals surface area contributed by atoms with E-state index in [0.717, 1.165) is 0 Å². The smallest absolute Gasteiger partial charge is 0.375 e. The molecule has 0 saturated carbocycles. The van der Waals surface area contributed by atoms with Crippen LogP contribution in [0.4, 0.5) is 0 Å². The minimum absolute atomic E-state index is 0.0127. The molecule has 18 heavy (non-hydrogen) atoms. The van der Waals surface area contributed by atoms with Gasteiger partial charge in [0.25, 0.3) is 5.95 Å². The number of ether oxygens (including phenoxy) is 3. The first-order valence-electron chi connectivity index (χ1n) is 5.74. The SMILES string of the molecule is CCOC(=O)c1cc(OCC)oc1C(=O)OCC. The predicted octanol–water partition coefficient (Wildman–Crippen LogP) is 2.03. The minimum atomic E-state index is -0.716. The van der Waals surface area contributed by atoms with Gasteiger partial charge in [0, 0.05) is 6.07 Å². The zero-order valence-electron chi connectivity index (χ0n) is 10.6. The van der Waals surface area contributed by atoms with Crippen molar-refractivity contribution in [3.63, 3.8) is 0 Å². The van der Waals surface area contributed by atoms with Crippen LogP contribution in [-0.4, -0.2) is 31.8 Å². The van der Waals surface area contributed by atoms with E-state index in [-0.39, 0.29) is 30.5 Å². The molecule has 0 bridgehead atoms. The highest BCUT2D eigenvalue weighted by atomic mass is 16.6. The Morgan fingerprint density at radius 2 is 1.67 bits per heavy atom. The second kappa shape index (κ2) is 6.68.